The molecular formula is C12H16FIO. The monoisotopic (exact) mass is 322 g/mol. The minimum absolute atomic E-state index is 0.00347. The largest absolute Gasteiger partial charge is 0.370 e. The van der Waals surface area contributed by atoms with E-state index in [0.717, 1.165) is 16.4 Å². The molecule has 0 radical (unpaired) electrons. The second-order valence-electron chi connectivity index (χ2n) is 3.55. The first-order chi connectivity index (χ1) is 7.17. The standard InChI is InChI=1S/C12H16FIO/c1-3-9(2)15-12(8-14)10-5-4-6-11(13)7-10/h4-7,9,12H,3,8H2,1-2H3. The zero-order valence-electron chi connectivity index (χ0n) is 9.04. The third-order valence-electron chi connectivity index (χ3n) is 2.33. The molecule has 0 N–H and O–H groups in total. The van der Waals surface area contributed by atoms with Crippen LogP contribution in [-0.2, 0) is 4.74 Å². The number of halogens is 2. The van der Waals surface area contributed by atoms with Gasteiger partial charge in [0.25, 0.3) is 0 Å². The van der Waals surface area contributed by atoms with E-state index in [2.05, 4.69) is 29.5 Å². The van der Waals surface area contributed by atoms with Crippen molar-refractivity contribution < 1.29 is 9.13 Å². The Kier molecular flexibility index (Phi) is 5.53. The van der Waals surface area contributed by atoms with Crippen LogP contribution >= 0.6 is 22.6 Å². The summed E-state index contributed by atoms with van der Waals surface area (Å²) in [5.74, 6) is -0.199. The zero-order valence-corrected chi connectivity index (χ0v) is 11.2. The fourth-order valence-corrected chi connectivity index (χ4v) is 2.00. The van der Waals surface area contributed by atoms with Crippen molar-refractivity contribution >= 4 is 22.6 Å². The van der Waals surface area contributed by atoms with Crippen LogP contribution in [0.4, 0.5) is 4.39 Å². The normalized spacial score (nSPS) is 14.9. The summed E-state index contributed by atoms with van der Waals surface area (Å²) >= 11 is 2.27. The van der Waals surface area contributed by atoms with E-state index in [1.165, 1.54) is 6.07 Å². The molecule has 0 heterocycles. The van der Waals surface area contributed by atoms with E-state index < -0.39 is 0 Å². The molecule has 1 nitrogen and oxygen atoms in total. The Bertz CT molecular complexity index is 303. The van der Waals surface area contributed by atoms with Crippen molar-refractivity contribution in [2.45, 2.75) is 32.5 Å². The van der Waals surface area contributed by atoms with Gasteiger partial charge in [0, 0.05) is 4.43 Å². The number of hydrogen-bond acceptors (Lipinski definition) is 1. The Morgan fingerprint density at radius 3 is 2.73 bits per heavy atom. The molecule has 0 saturated carbocycles. The van der Waals surface area contributed by atoms with Crippen LogP contribution in [0.3, 0.4) is 0 Å². The average Bonchev–Trinajstić information content (AvgIpc) is 2.25. The first-order valence-corrected chi connectivity index (χ1v) is 6.66. The SMILES string of the molecule is CCC(C)OC(CI)c1cccc(F)c1. The predicted octanol–water partition coefficient (Wildman–Crippen LogP) is 4.12. The Morgan fingerprint density at radius 2 is 2.20 bits per heavy atom. The zero-order chi connectivity index (χ0) is 11.3. The lowest BCUT2D eigenvalue weighted by Crippen LogP contribution is -2.14. The van der Waals surface area contributed by atoms with Crippen LogP contribution in [0.2, 0.25) is 0 Å². The van der Waals surface area contributed by atoms with Crippen LogP contribution in [0.1, 0.15) is 31.9 Å². The number of alkyl halides is 1. The highest BCUT2D eigenvalue weighted by Gasteiger charge is 2.13. The molecule has 0 aromatic heterocycles. The molecule has 15 heavy (non-hydrogen) atoms. The van der Waals surface area contributed by atoms with Gasteiger partial charge < -0.3 is 4.74 Å². The Hall–Kier alpha value is -0.160. The van der Waals surface area contributed by atoms with Crippen LogP contribution < -0.4 is 0 Å². The summed E-state index contributed by atoms with van der Waals surface area (Å²) in [6.45, 7) is 4.12. The van der Waals surface area contributed by atoms with Crippen LogP contribution in [0, 0.1) is 5.82 Å². The fourth-order valence-electron chi connectivity index (χ4n) is 1.29. The van der Waals surface area contributed by atoms with Gasteiger partial charge in [-0.15, -0.1) is 0 Å². The maximum Gasteiger partial charge on any atom is 0.123 e. The molecule has 0 aliphatic heterocycles. The average molecular weight is 322 g/mol. The molecule has 0 saturated heterocycles. The summed E-state index contributed by atoms with van der Waals surface area (Å²) in [5, 5.41) is 0. The van der Waals surface area contributed by atoms with Crippen molar-refractivity contribution in [1.29, 1.82) is 0 Å². The first kappa shape index (κ1) is 12.9. The molecule has 2 atom stereocenters. The quantitative estimate of drug-likeness (QED) is 0.585. The van der Waals surface area contributed by atoms with Crippen molar-refractivity contribution in [1.82, 2.24) is 0 Å². The highest BCUT2D eigenvalue weighted by molar-refractivity contribution is 14.1. The maximum atomic E-state index is 13.0. The van der Waals surface area contributed by atoms with Gasteiger partial charge in [0.05, 0.1) is 12.2 Å². The first-order valence-electron chi connectivity index (χ1n) is 5.14. The fraction of sp³-hybridized carbons (Fsp3) is 0.500. The number of benzene rings is 1. The third-order valence-corrected chi connectivity index (χ3v) is 3.13. The molecule has 84 valence electrons. The minimum atomic E-state index is -0.199. The van der Waals surface area contributed by atoms with Gasteiger partial charge in [0.15, 0.2) is 0 Å². The van der Waals surface area contributed by atoms with Gasteiger partial charge in [-0.3, -0.25) is 0 Å². The van der Waals surface area contributed by atoms with Gasteiger partial charge in [-0.1, -0.05) is 41.6 Å². The van der Waals surface area contributed by atoms with E-state index in [1.807, 2.05) is 13.0 Å². The summed E-state index contributed by atoms with van der Waals surface area (Å²) < 4.78 is 19.7. The van der Waals surface area contributed by atoms with Gasteiger partial charge in [-0.25, -0.2) is 4.39 Å². The second-order valence-corrected chi connectivity index (χ2v) is 4.43. The molecule has 2 unspecified atom stereocenters. The van der Waals surface area contributed by atoms with Crippen LogP contribution in [0.25, 0.3) is 0 Å². The Labute approximate surface area is 104 Å². The summed E-state index contributed by atoms with van der Waals surface area (Å²) in [7, 11) is 0. The van der Waals surface area contributed by atoms with Gasteiger partial charge in [0.1, 0.15) is 5.82 Å². The van der Waals surface area contributed by atoms with Crippen molar-refractivity contribution in [3.05, 3.63) is 35.6 Å². The molecule has 0 spiro atoms. The molecule has 3 heteroatoms. The smallest absolute Gasteiger partial charge is 0.123 e. The number of rotatable bonds is 5. The minimum Gasteiger partial charge on any atom is -0.370 e. The van der Waals surface area contributed by atoms with E-state index in [1.54, 1.807) is 12.1 Å². The van der Waals surface area contributed by atoms with Crippen molar-refractivity contribution in [2.75, 3.05) is 4.43 Å². The van der Waals surface area contributed by atoms with E-state index >= 15 is 0 Å². The lowest BCUT2D eigenvalue weighted by Gasteiger charge is -2.20. The van der Waals surface area contributed by atoms with Crippen molar-refractivity contribution in [2.24, 2.45) is 0 Å². The van der Waals surface area contributed by atoms with Crippen LogP contribution in [-0.4, -0.2) is 10.5 Å². The van der Waals surface area contributed by atoms with Gasteiger partial charge in [0.2, 0.25) is 0 Å². The summed E-state index contributed by atoms with van der Waals surface area (Å²) in [5.41, 5.74) is 0.921. The lowest BCUT2D eigenvalue weighted by molar-refractivity contribution is 0.00964. The molecule has 1 aromatic carbocycles. The summed E-state index contributed by atoms with van der Waals surface area (Å²) in [4.78, 5) is 0. The Balaban J connectivity index is 2.73. The second kappa shape index (κ2) is 6.43. The molecular weight excluding hydrogens is 306 g/mol. The highest BCUT2D eigenvalue weighted by atomic mass is 127. The van der Waals surface area contributed by atoms with E-state index in [9.17, 15) is 4.39 Å². The predicted molar refractivity (Wildman–Crippen MR) is 68.9 cm³/mol. The number of hydrogen-bond donors (Lipinski definition) is 0. The van der Waals surface area contributed by atoms with E-state index in [4.69, 9.17) is 4.74 Å². The molecule has 1 aromatic rings. The van der Waals surface area contributed by atoms with Crippen LogP contribution in [0.15, 0.2) is 24.3 Å². The molecule has 0 amide bonds. The molecule has 0 aliphatic carbocycles. The van der Waals surface area contributed by atoms with Crippen molar-refractivity contribution in [3.63, 3.8) is 0 Å². The maximum absolute atomic E-state index is 13.0. The highest BCUT2D eigenvalue weighted by Crippen LogP contribution is 2.23. The molecule has 0 aliphatic rings. The van der Waals surface area contributed by atoms with Gasteiger partial charge in [-0.05, 0) is 31.0 Å². The van der Waals surface area contributed by atoms with Gasteiger partial charge >= 0.3 is 0 Å². The van der Waals surface area contributed by atoms with E-state index in [0.29, 0.717) is 0 Å². The topological polar surface area (TPSA) is 9.23 Å². The summed E-state index contributed by atoms with van der Waals surface area (Å²) in [6.07, 6.45) is 1.19. The van der Waals surface area contributed by atoms with Gasteiger partial charge in [-0.2, -0.15) is 0 Å². The molecule has 0 bridgehead atoms. The number of ether oxygens (including phenoxy) is 1. The van der Waals surface area contributed by atoms with Crippen LogP contribution in [0.5, 0.6) is 0 Å². The lowest BCUT2D eigenvalue weighted by atomic mass is 10.1. The van der Waals surface area contributed by atoms with E-state index in [-0.39, 0.29) is 18.0 Å². The Morgan fingerprint density at radius 1 is 1.47 bits per heavy atom. The molecule has 0 fully saturated rings. The molecule has 1 rings (SSSR count). The summed E-state index contributed by atoms with van der Waals surface area (Å²) in [6, 6.07) is 6.64. The van der Waals surface area contributed by atoms with Crippen molar-refractivity contribution in [3.8, 4) is 0 Å². The third kappa shape index (κ3) is 4.07.